The topological polar surface area (TPSA) is 71.5 Å². The first-order chi connectivity index (χ1) is 13.5. The molecular formula is C21H27N3O3S. The molecule has 1 aromatic carbocycles. The summed E-state index contributed by atoms with van der Waals surface area (Å²) in [5.41, 5.74) is 0.705. The van der Waals surface area contributed by atoms with Gasteiger partial charge in [0, 0.05) is 30.3 Å². The number of hydrogen-bond acceptors (Lipinski definition) is 5. The summed E-state index contributed by atoms with van der Waals surface area (Å²) in [6.45, 7) is 5.79. The van der Waals surface area contributed by atoms with Gasteiger partial charge in [-0.15, -0.1) is 11.3 Å². The first-order valence-corrected chi connectivity index (χ1v) is 10.6. The lowest BCUT2D eigenvalue weighted by atomic mass is 9.98. The molecule has 2 amide bonds. The number of rotatable bonds is 7. The molecule has 0 aliphatic carbocycles. The predicted octanol–water partition coefficient (Wildman–Crippen LogP) is 3.60. The van der Waals surface area contributed by atoms with Crippen molar-refractivity contribution >= 4 is 28.3 Å². The molecule has 2 heterocycles. The fraction of sp³-hybridized carbons (Fsp3) is 0.476. The molecule has 0 saturated carbocycles. The highest BCUT2D eigenvalue weighted by atomic mass is 32.1. The Balaban J connectivity index is 1.48. The van der Waals surface area contributed by atoms with E-state index in [4.69, 9.17) is 4.74 Å². The maximum Gasteiger partial charge on any atom is 0.228 e. The van der Waals surface area contributed by atoms with Crippen molar-refractivity contribution < 1.29 is 14.3 Å². The summed E-state index contributed by atoms with van der Waals surface area (Å²) in [4.78, 5) is 30.7. The van der Waals surface area contributed by atoms with E-state index >= 15 is 0 Å². The molecule has 2 aromatic rings. The van der Waals surface area contributed by atoms with Gasteiger partial charge in [-0.25, -0.2) is 4.98 Å². The molecule has 1 aromatic heterocycles. The van der Waals surface area contributed by atoms with E-state index in [1.165, 1.54) is 11.3 Å². The van der Waals surface area contributed by atoms with Crippen LogP contribution >= 0.6 is 11.3 Å². The number of anilines is 1. The minimum Gasteiger partial charge on any atom is -0.493 e. The molecule has 150 valence electrons. The molecule has 7 heteroatoms. The number of ether oxygens (including phenoxy) is 1. The standard InChI is InChI=1S/C21H27N3O3S/c1-15(2)20(26)23-21-22-17(14-28-21)11-19(25)24-10-6-7-16(12-24)13-27-18-8-4-3-5-9-18/h3-5,8-9,14-16H,6-7,10-13H2,1-2H3,(H,22,23,26). The summed E-state index contributed by atoms with van der Waals surface area (Å²) in [6.07, 6.45) is 2.32. The maximum atomic E-state index is 12.7. The van der Waals surface area contributed by atoms with Crippen LogP contribution in [0.2, 0.25) is 0 Å². The van der Waals surface area contributed by atoms with Gasteiger partial charge in [0.05, 0.1) is 18.7 Å². The van der Waals surface area contributed by atoms with E-state index in [1.807, 2.05) is 54.5 Å². The highest BCUT2D eigenvalue weighted by Gasteiger charge is 2.25. The van der Waals surface area contributed by atoms with Gasteiger partial charge in [0.25, 0.3) is 0 Å². The Hall–Kier alpha value is -2.41. The molecule has 1 fully saturated rings. The molecule has 0 radical (unpaired) electrons. The fourth-order valence-corrected chi connectivity index (χ4v) is 3.83. The molecular weight excluding hydrogens is 374 g/mol. The number of nitrogens with zero attached hydrogens (tertiary/aromatic N) is 2. The van der Waals surface area contributed by atoms with Crippen LogP contribution in [0.15, 0.2) is 35.7 Å². The Bertz CT molecular complexity index is 791. The van der Waals surface area contributed by atoms with Gasteiger partial charge in [0.15, 0.2) is 5.13 Å². The van der Waals surface area contributed by atoms with Gasteiger partial charge in [-0.1, -0.05) is 32.0 Å². The van der Waals surface area contributed by atoms with E-state index < -0.39 is 0 Å². The molecule has 0 spiro atoms. The Morgan fingerprint density at radius 3 is 2.86 bits per heavy atom. The molecule has 6 nitrogen and oxygen atoms in total. The van der Waals surface area contributed by atoms with E-state index in [0.717, 1.165) is 25.1 Å². The average molecular weight is 402 g/mol. The third-order valence-corrected chi connectivity index (χ3v) is 5.55. The summed E-state index contributed by atoms with van der Waals surface area (Å²) in [5.74, 6) is 1.12. The largest absolute Gasteiger partial charge is 0.493 e. The minimum absolute atomic E-state index is 0.0653. The summed E-state index contributed by atoms with van der Waals surface area (Å²) in [6, 6.07) is 9.77. The number of nitrogens with one attached hydrogen (secondary N) is 1. The molecule has 1 unspecified atom stereocenters. The quantitative estimate of drug-likeness (QED) is 0.769. The molecule has 3 rings (SSSR count). The Morgan fingerprint density at radius 2 is 2.11 bits per heavy atom. The zero-order valence-corrected chi connectivity index (χ0v) is 17.2. The Kier molecular flexibility index (Phi) is 7.03. The van der Waals surface area contributed by atoms with Crippen molar-refractivity contribution in [1.82, 2.24) is 9.88 Å². The lowest BCUT2D eigenvalue weighted by Crippen LogP contribution is -2.42. The van der Waals surface area contributed by atoms with E-state index in [2.05, 4.69) is 10.3 Å². The molecule has 1 aliphatic rings. The fourth-order valence-electron chi connectivity index (χ4n) is 3.12. The van der Waals surface area contributed by atoms with Gasteiger partial charge < -0.3 is 15.0 Å². The van der Waals surface area contributed by atoms with Crippen molar-refractivity contribution in [1.29, 1.82) is 0 Å². The summed E-state index contributed by atoms with van der Waals surface area (Å²) in [7, 11) is 0. The number of amides is 2. The monoisotopic (exact) mass is 401 g/mol. The zero-order chi connectivity index (χ0) is 19.9. The second kappa shape index (κ2) is 9.68. The smallest absolute Gasteiger partial charge is 0.228 e. The third-order valence-electron chi connectivity index (χ3n) is 4.74. The van der Waals surface area contributed by atoms with Crippen molar-refractivity contribution in [2.24, 2.45) is 11.8 Å². The van der Waals surface area contributed by atoms with Crippen LogP contribution in [0, 0.1) is 11.8 Å². The van der Waals surface area contributed by atoms with Gasteiger partial charge in [0.2, 0.25) is 11.8 Å². The van der Waals surface area contributed by atoms with E-state index in [9.17, 15) is 9.59 Å². The number of thiazole rings is 1. The van der Waals surface area contributed by atoms with Crippen LogP contribution in [-0.4, -0.2) is 41.4 Å². The van der Waals surface area contributed by atoms with Crippen molar-refractivity contribution in [3.05, 3.63) is 41.4 Å². The molecule has 1 saturated heterocycles. The van der Waals surface area contributed by atoms with Gasteiger partial charge in [0.1, 0.15) is 5.75 Å². The van der Waals surface area contributed by atoms with Crippen LogP contribution in [0.5, 0.6) is 5.75 Å². The lowest BCUT2D eigenvalue weighted by molar-refractivity contribution is -0.132. The number of aromatic nitrogens is 1. The van der Waals surface area contributed by atoms with Crippen molar-refractivity contribution in [2.45, 2.75) is 33.1 Å². The van der Waals surface area contributed by atoms with Crippen molar-refractivity contribution in [3.63, 3.8) is 0 Å². The normalized spacial score (nSPS) is 16.8. The highest BCUT2D eigenvalue weighted by Crippen LogP contribution is 2.21. The van der Waals surface area contributed by atoms with E-state index in [-0.39, 0.29) is 24.2 Å². The van der Waals surface area contributed by atoms with E-state index in [1.54, 1.807) is 0 Å². The van der Waals surface area contributed by atoms with Crippen LogP contribution in [0.1, 0.15) is 32.4 Å². The maximum absolute atomic E-state index is 12.7. The first-order valence-electron chi connectivity index (χ1n) is 9.72. The number of likely N-dealkylation sites (tertiary alicyclic amines) is 1. The predicted molar refractivity (Wildman–Crippen MR) is 111 cm³/mol. The number of piperidine rings is 1. The van der Waals surface area contributed by atoms with Crippen LogP contribution in [0.3, 0.4) is 0 Å². The van der Waals surface area contributed by atoms with Gasteiger partial charge >= 0.3 is 0 Å². The van der Waals surface area contributed by atoms with Crippen LogP contribution in [0.4, 0.5) is 5.13 Å². The molecule has 1 N–H and O–H groups in total. The Labute approximate surface area is 169 Å². The number of para-hydroxylation sites is 1. The van der Waals surface area contributed by atoms with Crippen LogP contribution < -0.4 is 10.1 Å². The van der Waals surface area contributed by atoms with Crippen LogP contribution in [-0.2, 0) is 16.0 Å². The van der Waals surface area contributed by atoms with Gasteiger partial charge in [-0.2, -0.15) is 0 Å². The summed E-state index contributed by atoms with van der Waals surface area (Å²) >= 11 is 1.36. The minimum atomic E-state index is -0.0997. The number of carbonyl (C=O) groups excluding carboxylic acids is 2. The van der Waals surface area contributed by atoms with Crippen LogP contribution in [0.25, 0.3) is 0 Å². The lowest BCUT2D eigenvalue weighted by Gasteiger charge is -2.32. The SMILES string of the molecule is CC(C)C(=O)Nc1nc(CC(=O)N2CCCC(COc3ccccc3)C2)cs1. The zero-order valence-electron chi connectivity index (χ0n) is 16.4. The average Bonchev–Trinajstić information content (AvgIpc) is 3.14. The van der Waals surface area contributed by atoms with Gasteiger partial charge in [-0.3, -0.25) is 9.59 Å². The molecule has 1 atom stereocenters. The second-order valence-electron chi connectivity index (χ2n) is 7.44. The summed E-state index contributed by atoms with van der Waals surface area (Å²) < 4.78 is 5.86. The van der Waals surface area contributed by atoms with Crippen molar-refractivity contribution in [3.8, 4) is 5.75 Å². The number of carbonyl (C=O) groups is 2. The second-order valence-corrected chi connectivity index (χ2v) is 8.29. The number of hydrogen-bond donors (Lipinski definition) is 1. The number of benzene rings is 1. The highest BCUT2D eigenvalue weighted by molar-refractivity contribution is 7.13. The Morgan fingerprint density at radius 1 is 1.32 bits per heavy atom. The molecule has 28 heavy (non-hydrogen) atoms. The summed E-state index contributed by atoms with van der Waals surface area (Å²) in [5, 5.41) is 5.17. The molecule has 1 aliphatic heterocycles. The first kappa shape index (κ1) is 20.3. The molecule has 0 bridgehead atoms. The van der Waals surface area contributed by atoms with Gasteiger partial charge in [-0.05, 0) is 25.0 Å². The van der Waals surface area contributed by atoms with Crippen molar-refractivity contribution in [2.75, 3.05) is 25.0 Å². The van der Waals surface area contributed by atoms with E-state index in [0.29, 0.717) is 29.9 Å². The third kappa shape index (κ3) is 5.79.